The first kappa shape index (κ1) is 25.9. The maximum Gasteiger partial charge on any atom is 0.355 e. The van der Waals surface area contributed by atoms with Crippen molar-refractivity contribution in [2.24, 2.45) is 0 Å². The van der Waals surface area contributed by atoms with Crippen LogP contribution in [0.5, 0.6) is 5.75 Å². The Morgan fingerprint density at radius 1 is 1.12 bits per heavy atom. The highest BCUT2D eigenvalue weighted by Gasteiger charge is 2.28. The van der Waals surface area contributed by atoms with Crippen LogP contribution in [0.2, 0.25) is 0 Å². The molecule has 6 nitrogen and oxygen atoms in total. The van der Waals surface area contributed by atoms with E-state index >= 15 is 0 Å². The summed E-state index contributed by atoms with van der Waals surface area (Å²) in [5.74, 6) is 0.329. The lowest BCUT2D eigenvalue weighted by atomic mass is 10.0. The number of nitrogens with zero attached hydrogens (tertiary/aromatic N) is 1. The fourth-order valence-electron chi connectivity index (χ4n) is 3.46. The molecule has 0 spiro atoms. The molecule has 0 amide bonds. The first-order chi connectivity index (χ1) is 16.1. The Labute approximate surface area is 205 Å². The number of benzene rings is 2. The molecule has 0 aliphatic heterocycles. The summed E-state index contributed by atoms with van der Waals surface area (Å²) in [7, 11) is 1.62. The number of carbonyl (C=O) groups is 1. The third-order valence-corrected chi connectivity index (χ3v) is 7.18. The molecule has 7 heteroatoms. The Morgan fingerprint density at radius 2 is 1.82 bits per heavy atom. The van der Waals surface area contributed by atoms with Gasteiger partial charge in [0.05, 0.1) is 13.2 Å². The van der Waals surface area contributed by atoms with Gasteiger partial charge in [0.15, 0.2) is 0 Å². The average Bonchev–Trinajstić information content (AvgIpc) is 3.27. The quantitative estimate of drug-likeness (QED) is 0.315. The van der Waals surface area contributed by atoms with E-state index in [1.54, 1.807) is 7.11 Å². The first-order valence-electron chi connectivity index (χ1n) is 11.4. The van der Waals surface area contributed by atoms with Crippen molar-refractivity contribution in [3.05, 3.63) is 77.6 Å². The van der Waals surface area contributed by atoms with E-state index < -0.39 is 11.4 Å². The highest BCUT2D eigenvalue weighted by molar-refractivity contribution is 7.90. The molecule has 1 aromatic heterocycles. The number of rotatable bonds is 9. The van der Waals surface area contributed by atoms with Crippen molar-refractivity contribution < 1.29 is 18.8 Å². The lowest BCUT2D eigenvalue weighted by molar-refractivity contribution is 0.0460. The molecule has 0 saturated carbocycles. The molecule has 1 unspecified atom stereocenters. The number of nitrogens with one attached hydrogen (secondary N) is 1. The topological polar surface area (TPSA) is 75.5 Å². The van der Waals surface area contributed by atoms with E-state index in [2.05, 4.69) is 4.72 Å². The molecule has 182 valence electrons. The summed E-state index contributed by atoms with van der Waals surface area (Å²) in [6.45, 7) is 10.6. The van der Waals surface area contributed by atoms with Crippen LogP contribution in [0.3, 0.4) is 0 Å². The van der Waals surface area contributed by atoms with Crippen molar-refractivity contribution >= 4 is 17.3 Å². The summed E-state index contributed by atoms with van der Waals surface area (Å²) in [5, 5.41) is 0. The van der Waals surface area contributed by atoms with Gasteiger partial charge in [0, 0.05) is 29.7 Å². The van der Waals surface area contributed by atoms with E-state index in [1.165, 1.54) is 0 Å². The zero-order valence-electron chi connectivity index (χ0n) is 20.8. The van der Waals surface area contributed by atoms with Gasteiger partial charge in [0.2, 0.25) is 0 Å². The molecular weight excluding hydrogens is 448 g/mol. The van der Waals surface area contributed by atoms with Crippen molar-refractivity contribution in [3.63, 3.8) is 0 Å². The van der Waals surface area contributed by atoms with E-state index in [0.717, 1.165) is 22.3 Å². The molecule has 0 fully saturated rings. The van der Waals surface area contributed by atoms with Crippen molar-refractivity contribution in [2.45, 2.75) is 58.6 Å². The third kappa shape index (κ3) is 6.44. The van der Waals surface area contributed by atoms with Gasteiger partial charge in [-0.1, -0.05) is 30.3 Å². The molecule has 2 atom stereocenters. The van der Waals surface area contributed by atoms with Crippen LogP contribution in [0.1, 0.15) is 62.3 Å². The molecule has 3 aromatic rings. The van der Waals surface area contributed by atoms with E-state index in [-0.39, 0.29) is 23.4 Å². The van der Waals surface area contributed by atoms with Crippen LogP contribution in [0, 0.1) is 0 Å². The van der Waals surface area contributed by atoms with Crippen molar-refractivity contribution in [1.29, 1.82) is 0 Å². The van der Waals surface area contributed by atoms with Gasteiger partial charge in [0.1, 0.15) is 22.8 Å². The molecule has 0 radical (unpaired) electrons. The number of carbonyl (C=O) groups excluding carboxylic acids is 1. The second kappa shape index (κ2) is 11.1. The number of aromatic nitrogens is 1. The minimum atomic E-state index is -1.21. The van der Waals surface area contributed by atoms with Crippen molar-refractivity contribution in [1.82, 2.24) is 9.29 Å². The number of hydrogen-bond donors (Lipinski definition) is 1. The van der Waals surface area contributed by atoms with Gasteiger partial charge >= 0.3 is 5.97 Å². The Balaban J connectivity index is 1.86. The summed E-state index contributed by atoms with van der Waals surface area (Å²) in [6, 6.07) is 17.2. The van der Waals surface area contributed by atoms with Gasteiger partial charge < -0.3 is 18.6 Å². The van der Waals surface area contributed by atoms with Crippen LogP contribution in [-0.2, 0) is 29.3 Å². The third-order valence-electron chi connectivity index (χ3n) is 5.50. The molecule has 0 bridgehead atoms. The Kier molecular flexibility index (Phi) is 8.47. The van der Waals surface area contributed by atoms with Crippen LogP contribution in [0.15, 0.2) is 60.8 Å². The van der Waals surface area contributed by atoms with Crippen LogP contribution >= 0.6 is 0 Å². The fourth-order valence-corrected chi connectivity index (χ4v) is 4.27. The van der Waals surface area contributed by atoms with Crippen LogP contribution in [0.4, 0.5) is 0 Å². The normalized spacial score (nSPS) is 13.4. The molecule has 2 aromatic carbocycles. The van der Waals surface area contributed by atoms with E-state index in [9.17, 15) is 9.35 Å². The molecule has 0 aliphatic rings. The standard InChI is InChI=1S/C27H34N2O4S/c1-7-29-17-23(16-25(29)26(30)33-18-20-11-9-8-10-12-20)22-13-21(14-24(15-22)32-6)19(2)28-34(31)27(3,4)5/h8-17,19,28H,7,18H2,1-6H3/t19-,34?/m1/s1. The fraction of sp³-hybridized carbons (Fsp3) is 0.370. The van der Waals surface area contributed by atoms with Crippen LogP contribution < -0.4 is 9.46 Å². The molecule has 1 heterocycles. The first-order valence-corrected chi connectivity index (χ1v) is 12.6. The number of ether oxygens (including phenoxy) is 2. The monoisotopic (exact) mass is 482 g/mol. The van der Waals surface area contributed by atoms with Crippen LogP contribution in [-0.4, -0.2) is 26.9 Å². The molecule has 0 saturated heterocycles. The largest absolute Gasteiger partial charge is 0.598 e. The number of methoxy groups -OCH3 is 1. The zero-order valence-corrected chi connectivity index (χ0v) is 21.6. The molecule has 3 rings (SSSR count). The number of aryl methyl sites for hydroxylation is 1. The molecular formula is C27H34N2O4S. The van der Waals surface area contributed by atoms with Crippen molar-refractivity contribution in [2.75, 3.05) is 7.11 Å². The SMILES string of the molecule is CCn1cc(-c2cc(OC)cc([C@@H](C)N[S+]([O-])C(C)(C)C)c2)cc1C(=O)OCc1ccccc1. The summed E-state index contributed by atoms with van der Waals surface area (Å²) < 4.78 is 28.4. The van der Waals surface area contributed by atoms with Gasteiger partial charge in [0.25, 0.3) is 0 Å². The Hall–Kier alpha value is -2.74. The van der Waals surface area contributed by atoms with E-state index in [4.69, 9.17) is 9.47 Å². The maximum absolute atomic E-state index is 12.8. The minimum Gasteiger partial charge on any atom is -0.598 e. The average molecular weight is 483 g/mol. The van der Waals surface area contributed by atoms with Crippen molar-refractivity contribution in [3.8, 4) is 16.9 Å². The van der Waals surface area contributed by atoms with E-state index in [1.807, 2.05) is 100.0 Å². The predicted molar refractivity (Wildman–Crippen MR) is 137 cm³/mol. The number of esters is 1. The maximum atomic E-state index is 12.8. The lowest BCUT2D eigenvalue weighted by Crippen LogP contribution is -2.40. The van der Waals surface area contributed by atoms with Gasteiger partial charge in [-0.3, -0.25) is 0 Å². The predicted octanol–water partition coefficient (Wildman–Crippen LogP) is 5.65. The minimum absolute atomic E-state index is 0.155. The van der Waals surface area contributed by atoms with Gasteiger partial charge in [-0.05, 0) is 75.6 Å². The molecule has 34 heavy (non-hydrogen) atoms. The Morgan fingerprint density at radius 3 is 2.44 bits per heavy atom. The highest BCUT2D eigenvalue weighted by Crippen LogP contribution is 2.31. The highest BCUT2D eigenvalue weighted by atomic mass is 32.2. The Bertz CT molecular complexity index is 1110. The number of hydrogen-bond acceptors (Lipinski definition) is 5. The summed E-state index contributed by atoms with van der Waals surface area (Å²) in [5.41, 5.74) is 4.19. The summed E-state index contributed by atoms with van der Waals surface area (Å²) in [4.78, 5) is 12.8. The lowest BCUT2D eigenvalue weighted by Gasteiger charge is -2.26. The van der Waals surface area contributed by atoms with Gasteiger partial charge in [-0.25, -0.2) is 4.79 Å². The molecule has 0 aliphatic carbocycles. The second-order valence-electron chi connectivity index (χ2n) is 9.18. The summed E-state index contributed by atoms with van der Waals surface area (Å²) >= 11 is -1.21. The van der Waals surface area contributed by atoms with Crippen LogP contribution in [0.25, 0.3) is 11.1 Å². The molecule has 1 N–H and O–H groups in total. The van der Waals surface area contributed by atoms with E-state index in [0.29, 0.717) is 18.0 Å². The second-order valence-corrected chi connectivity index (χ2v) is 11.2. The smallest absolute Gasteiger partial charge is 0.355 e. The van der Waals surface area contributed by atoms with Gasteiger partial charge in [-0.2, -0.15) is 0 Å². The zero-order chi connectivity index (χ0) is 24.9. The van der Waals surface area contributed by atoms with Gasteiger partial charge in [-0.15, -0.1) is 4.72 Å². The summed E-state index contributed by atoms with van der Waals surface area (Å²) in [6.07, 6.45) is 1.95.